The Morgan fingerprint density at radius 2 is 2.06 bits per heavy atom. The minimum atomic E-state index is 0.519. The van der Waals surface area contributed by atoms with Crippen LogP contribution in [0, 0.1) is 5.92 Å². The van der Waals surface area contributed by atoms with Gasteiger partial charge >= 0.3 is 0 Å². The Kier molecular flexibility index (Phi) is 3.67. The van der Waals surface area contributed by atoms with Gasteiger partial charge in [0.05, 0.1) is 7.11 Å². The normalized spacial score (nSPS) is 14.2. The third kappa shape index (κ3) is 2.29. The zero-order chi connectivity index (χ0) is 12.4. The van der Waals surface area contributed by atoms with Crippen molar-refractivity contribution >= 4 is 0 Å². The molecule has 0 saturated carbocycles. The molecule has 2 rings (SSSR count). The molecule has 0 saturated heterocycles. The maximum Gasteiger partial charge on any atom is 0.218 e. The number of hydrogen-bond donors (Lipinski definition) is 1. The summed E-state index contributed by atoms with van der Waals surface area (Å²) in [6.07, 6.45) is 4.53. The molecule has 1 aliphatic carbocycles. The summed E-state index contributed by atoms with van der Waals surface area (Å²) in [5, 5.41) is 0. The molecule has 94 valence electrons. The van der Waals surface area contributed by atoms with Crippen molar-refractivity contribution in [1.29, 1.82) is 0 Å². The number of nitrogens with zero attached hydrogens (tertiary/aromatic N) is 1. The van der Waals surface area contributed by atoms with Crippen molar-refractivity contribution in [1.82, 2.24) is 4.98 Å². The summed E-state index contributed by atoms with van der Waals surface area (Å²) in [5.41, 5.74) is 11.1. The monoisotopic (exact) mass is 234 g/mol. The minimum Gasteiger partial charge on any atom is -0.481 e. The maximum absolute atomic E-state index is 5.88. The number of ether oxygens (including phenoxy) is 1. The molecule has 0 bridgehead atoms. The summed E-state index contributed by atoms with van der Waals surface area (Å²) in [6, 6.07) is 0. The topological polar surface area (TPSA) is 48.1 Å². The second-order valence-electron chi connectivity index (χ2n) is 5.16. The quantitative estimate of drug-likeness (QED) is 0.869. The molecule has 1 aromatic heterocycles. The fourth-order valence-corrected chi connectivity index (χ4v) is 2.71. The number of fused-ring (bicyclic) bond motifs is 1. The number of nitrogens with two attached hydrogens (primary N) is 1. The van der Waals surface area contributed by atoms with Crippen LogP contribution in [0.2, 0.25) is 0 Å². The Labute approximate surface area is 103 Å². The van der Waals surface area contributed by atoms with Gasteiger partial charge in [-0.05, 0) is 42.7 Å². The fourth-order valence-electron chi connectivity index (χ4n) is 2.71. The van der Waals surface area contributed by atoms with Crippen LogP contribution in [-0.2, 0) is 25.8 Å². The smallest absolute Gasteiger partial charge is 0.218 e. The molecule has 0 fully saturated rings. The minimum absolute atomic E-state index is 0.519. The van der Waals surface area contributed by atoms with E-state index < -0.39 is 0 Å². The average Bonchev–Trinajstić information content (AvgIpc) is 2.75. The Bertz CT molecular complexity index is 413. The first-order valence-corrected chi connectivity index (χ1v) is 6.44. The number of hydrogen-bond acceptors (Lipinski definition) is 3. The van der Waals surface area contributed by atoms with Gasteiger partial charge in [-0.2, -0.15) is 0 Å². The molecule has 1 heterocycles. The lowest BCUT2D eigenvalue weighted by Crippen LogP contribution is -2.12. The van der Waals surface area contributed by atoms with Crippen molar-refractivity contribution < 1.29 is 4.74 Å². The molecule has 0 amide bonds. The third-order valence-electron chi connectivity index (χ3n) is 3.42. The van der Waals surface area contributed by atoms with Gasteiger partial charge in [-0.3, -0.25) is 0 Å². The van der Waals surface area contributed by atoms with Gasteiger partial charge < -0.3 is 10.5 Å². The highest BCUT2D eigenvalue weighted by molar-refractivity contribution is 5.45. The standard InChI is InChI=1S/C14H22N2O/c1-9(2)7-11-10-5-4-6-13(10)16-14(17-3)12(11)8-15/h9H,4-8,15H2,1-3H3. The van der Waals surface area contributed by atoms with Gasteiger partial charge in [-0.25, -0.2) is 4.98 Å². The van der Waals surface area contributed by atoms with Crippen LogP contribution in [-0.4, -0.2) is 12.1 Å². The molecule has 0 radical (unpaired) electrons. The highest BCUT2D eigenvalue weighted by atomic mass is 16.5. The summed E-state index contributed by atoms with van der Waals surface area (Å²) in [5.74, 6) is 1.38. The molecule has 0 unspecified atom stereocenters. The maximum atomic E-state index is 5.88. The Morgan fingerprint density at radius 1 is 1.29 bits per heavy atom. The van der Waals surface area contributed by atoms with Crippen molar-refractivity contribution in [3.63, 3.8) is 0 Å². The van der Waals surface area contributed by atoms with Gasteiger partial charge in [-0.1, -0.05) is 13.8 Å². The van der Waals surface area contributed by atoms with Crippen molar-refractivity contribution in [3.05, 3.63) is 22.4 Å². The summed E-state index contributed by atoms with van der Waals surface area (Å²) >= 11 is 0. The predicted molar refractivity (Wildman–Crippen MR) is 69.2 cm³/mol. The average molecular weight is 234 g/mol. The first-order chi connectivity index (χ1) is 8.17. The van der Waals surface area contributed by atoms with Crippen LogP contribution in [0.25, 0.3) is 0 Å². The van der Waals surface area contributed by atoms with Crippen LogP contribution in [0.3, 0.4) is 0 Å². The Balaban J connectivity index is 2.54. The summed E-state index contributed by atoms with van der Waals surface area (Å²) in [7, 11) is 1.68. The molecule has 1 aromatic rings. The highest BCUT2D eigenvalue weighted by Gasteiger charge is 2.22. The van der Waals surface area contributed by atoms with E-state index in [4.69, 9.17) is 10.5 Å². The lowest BCUT2D eigenvalue weighted by atomic mass is 9.93. The van der Waals surface area contributed by atoms with E-state index >= 15 is 0 Å². The molecular weight excluding hydrogens is 212 g/mol. The first-order valence-electron chi connectivity index (χ1n) is 6.44. The van der Waals surface area contributed by atoms with Crippen LogP contribution in [0.5, 0.6) is 5.88 Å². The second kappa shape index (κ2) is 5.05. The first kappa shape index (κ1) is 12.4. The zero-order valence-corrected chi connectivity index (χ0v) is 11.0. The molecule has 0 aromatic carbocycles. The Hall–Kier alpha value is -1.09. The Morgan fingerprint density at radius 3 is 2.65 bits per heavy atom. The number of pyridine rings is 1. The van der Waals surface area contributed by atoms with E-state index in [1.54, 1.807) is 7.11 Å². The summed E-state index contributed by atoms with van der Waals surface area (Å²) in [4.78, 5) is 4.61. The lowest BCUT2D eigenvalue weighted by molar-refractivity contribution is 0.389. The SMILES string of the molecule is COc1nc2c(c(CC(C)C)c1CN)CCC2. The van der Waals surface area contributed by atoms with E-state index in [9.17, 15) is 0 Å². The van der Waals surface area contributed by atoms with Crippen LogP contribution < -0.4 is 10.5 Å². The van der Waals surface area contributed by atoms with E-state index in [0.29, 0.717) is 12.5 Å². The molecule has 0 aliphatic heterocycles. The van der Waals surface area contributed by atoms with Crippen molar-refractivity contribution in [2.24, 2.45) is 11.7 Å². The van der Waals surface area contributed by atoms with E-state index in [0.717, 1.165) is 30.7 Å². The third-order valence-corrected chi connectivity index (χ3v) is 3.42. The molecule has 17 heavy (non-hydrogen) atoms. The second-order valence-corrected chi connectivity index (χ2v) is 5.16. The lowest BCUT2D eigenvalue weighted by Gasteiger charge is -2.17. The van der Waals surface area contributed by atoms with Gasteiger partial charge in [0.25, 0.3) is 0 Å². The number of aromatic nitrogens is 1. The van der Waals surface area contributed by atoms with E-state index in [-0.39, 0.29) is 0 Å². The van der Waals surface area contributed by atoms with E-state index in [1.165, 1.54) is 23.2 Å². The molecule has 3 heteroatoms. The molecule has 0 atom stereocenters. The molecule has 1 aliphatic rings. The number of rotatable bonds is 4. The van der Waals surface area contributed by atoms with Gasteiger partial charge in [0.1, 0.15) is 0 Å². The predicted octanol–water partition coefficient (Wildman–Crippen LogP) is 2.24. The summed E-state index contributed by atoms with van der Waals surface area (Å²) in [6.45, 7) is 5.01. The molecule has 2 N–H and O–H groups in total. The largest absolute Gasteiger partial charge is 0.481 e. The molecule has 0 spiro atoms. The van der Waals surface area contributed by atoms with Crippen LogP contribution in [0.15, 0.2) is 0 Å². The van der Waals surface area contributed by atoms with Crippen LogP contribution >= 0.6 is 0 Å². The van der Waals surface area contributed by atoms with Gasteiger partial charge in [0.15, 0.2) is 0 Å². The highest BCUT2D eigenvalue weighted by Crippen LogP contribution is 2.32. The molecule has 3 nitrogen and oxygen atoms in total. The number of methoxy groups -OCH3 is 1. The molecular formula is C14H22N2O. The zero-order valence-electron chi connectivity index (χ0n) is 11.0. The van der Waals surface area contributed by atoms with Crippen molar-refractivity contribution in [2.75, 3.05) is 7.11 Å². The fraction of sp³-hybridized carbons (Fsp3) is 0.643. The van der Waals surface area contributed by atoms with Gasteiger partial charge in [0, 0.05) is 17.8 Å². The van der Waals surface area contributed by atoms with Crippen LogP contribution in [0.4, 0.5) is 0 Å². The number of aryl methyl sites for hydroxylation is 1. The van der Waals surface area contributed by atoms with Crippen molar-refractivity contribution in [3.8, 4) is 5.88 Å². The van der Waals surface area contributed by atoms with Crippen LogP contribution in [0.1, 0.15) is 42.7 Å². The van der Waals surface area contributed by atoms with E-state index in [1.807, 2.05) is 0 Å². The van der Waals surface area contributed by atoms with Gasteiger partial charge in [0.2, 0.25) is 5.88 Å². The van der Waals surface area contributed by atoms with E-state index in [2.05, 4.69) is 18.8 Å². The van der Waals surface area contributed by atoms with Gasteiger partial charge in [-0.15, -0.1) is 0 Å². The van der Waals surface area contributed by atoms with Crippen molar-refractivity contribution in [2.45, 2.75) is 46.1 Å². The summed E-state index contributed by atoms with van der Waals surface area (Å²) < 4.78 is 5.39.